The Morgan fingerprint density at radius 2 is 2.07 bits per heavy atom. The topological polar surface area (TPSA) is 49.3 Å². The quantitative estimate of drug-likeness (QED) is 0.731. The molecule has 5 heteroatoms. The Morgan fingerprint density at radius 1 is 1.36 bits per heavy atom. The van der Waals surface area contributed by atoms with E-state index in [9.17, 15) is 13.6 Å². The summed E-state index contributed by atoms with van der Waals surface area (Å²) in [5, 5.41) is 10.7. The van der Waals surface area contributed by atoms with Gasteiger partial charge in [0.2, 0.25) is 0 Å². The van der Waals surface area contributed by atoms with Gasteiger partial charge < -0.3 is 10.4 Å². The Bertz CT molecular complexity index is 377. The molecule has 2 N–H and O–H groups in total. The van der Waals surface area contributed by atoms with Crippen LogP contribution in [0.5, 0.6) is 0 Å². The molecular formula is C9H7F2NO2. The van der Waals surface area contributed by atoms with Crippen LogP contribution in [0.25, 0.3) is 0 Å². The summed E-state index contributed by atoms with van der Waals surface area (Å²) in [6.45, 7) is 0. The fourth-order valence-electron chi connectivity index (χ4n) is 0.795. The van der Waals surface area contributed by atoms with Gasteiger partial charge in [-0.2, -0.15) is 0 Å². The lowest BCUT2D eigenvalue weighted by atomic mass is 10.3. The highest BCUT2D eigenvalue weighted by atomic mass is 19.2. The first-order chi connectivity index (χ1) is 6.59. The van der Waals surface area contributed by atoms with Crippen LogP contribution >= 0.6 is 0 Å². The van der Waals surface area contributed by atoms with E-state index >= 15 is 0 Å². The molecular weight excluding hydrogens is 192 g/mol. The van der Waals surface area contributed by atoms with E-state index in [4.69, 9.17) is 5.11 Å². The Hall–Kier alpha value is -1.91. The van der Waals surface area contributed by atoms with Gasteiger partial charge in [0.05, 0.1) is 0 Å². The van der Waals surface area contributed by atoms with Crippen molar-refractivity contribution in [3.63, 3.8) is 0 Å². The van der Waals surface area contributed by atoms with Gasteiger partial charge >= 0.3 is 5.97 Å². The lowest BCUT2D eigenvalue weighted by molar-refractivity contribution is -0.131. The van der Waals surface area contributed by atoms with E-state index in [2.05, 4.69) is 5.32 Å². The first-order valence-electron chi connectivity index (χ1n) is 3.70. The van der Waals surface area contributed by atoms with Crippen LogP contribution in [0.1, 0.15) is 0 Å². The largest absolute Gasteiger partial charge is 0.478 e. The highest BCUT2D eigenvalue weighted by molar-refractivity contribution is 5.80. The Morgan fingerprint density at radius 3 is 2.64 bits per heavy atom. The fraction of sp³-hybridized carbons (Fsp3) is 0. The lowest BCUT2D eigenvalue weighted by Gasteiger charge is -2.00. The van der Waals surface area contributed by atoms with Gasteiger partial charge in [-0.3, -0.25) is 0 Å². The van der Waals surface area contributed by atoms with Crippen molar-refractivity contribution < 1.29 is 18.7 Å². The van der Waals surface area contributed by atoms with Crippen molar-refractivity contribution in [1.29, 1.82) is 0 Å². The van der Waals surface area contributed by atoms with Crippen molar-refractivity contribution in [2.24, 2.45) is 0 Å². The molecule has 1 rings (SSSR count). The van der Waals surface area contributed by atoms with Crippen molar-refractivity contribution in [1.82, 2.24) is 0 Å². The summed E-state index contributed by atoms with van der Waals surface area (Å²) >= 11 is 0. The maximum Gasteiger partial charge on any atom is 0.329 e. The van der Waals surface area contributed by atoms with Crippen molar-refractivity contribution in [3.8, 4) is 0 Å². The minimum Gasteiger partial charge on any atom is -0.478 e. The SMILES string of the molecule is O=C(O)/C=C/Nc1ccc(F)c(F)c1. The molecule has 0 aliphatic rings. The average Bonchev–Trinajstić information content (AvgIpc) is 2.10. The minimum atomic E-state index is -1.12. The molecule has 0 aromatic heterocycles. The third-order valence-corrected chi connectivity index (χ3v) is 1.40. The molecule has 1 aromatic rings. The van der Waals surface area contributed by atoms with Gasteiger partial charge in [-0.05, 0) is 12.1 Å². The smallest absolute Gasteiger partial charge is 0.329 e. The van der Waals surface area contributed by atoms with Crippen LogP contribution in [0.2, 0.25) is 0 Å². The number of halogens is 2. The average molecular weight is 199 g/mol. The van der Waals surface area contributed by atoms with E-state index in [0.717, 1.165) is 24.4 Å². The third kappa shape index (κ3) is 2.85. The van der Waals surface area contributed by atoms with Crippen LogP contribution in [-0.2, 0) is 4.79 Å². The number of carboxylic acid groups (broad SMARTS) is 1. The second-order valence-electron chi connectivity index (χ2n) is 2.44. The van der Waals surface area contributed by atoms with E-state index in [1.807, 2.05) is 0 Å². The number of rotatable bonds is 3. The second-order valence-corrected chi connectivity index (χ2v) is 2.44. The number of aliphatic carboxylic acids is 1. The van der Waals surface area contributed by atoms with Gasteiger partial charge in [-0.15, -0.1) is 0 Å². The zero-order valence-corrected chi connectivity index (χ0v) is 7.00. The number of nitrogens with one attached hydrogen (secondary N) is 1. The number of hydrogen-bond acceptors (Lipinski definition) is 2. The number of carboxylic acids is 1. The van der Waals surface area contributed by atoms with Crippen LogP contribution in [0.15, 0.2) is 30.5 Å². The number of anilines is 1. The van der Waals surface area contributed by atoms with E-state index in [0.29, 0.717) is 0 Å². The molecule has 0 aliphatic heterocycles. The van der Waals surface area contributed by atoms with Crippen molar-refractivity contribution in [2.45, 2.75) is 0 Å². The van der Waals surface area contributed by atoms with E-state index in [-0.39, 0.29) is 5.69 Å². The molecule has 0 aliphatic carbocycles. The standard InChI is InChI=1S/C9H7F2NO2/c10-7-2-1-6(5-8(7)11)12-4-3-9(13)14/h1-5,12H,(H,13,14)/b4-3+. The maximum absolute atomic E-state index is 12.6. The molecule has 74 valence electrons. The van der Waals surface area contributed by atoms with Gasteiger partial charge in [0.1, 0.15) is 0 Å². The van der Waals surface area contributed by atoms with Crippen LogP contribution in [0, 0.1) is 11.6 Å². The van der Waals surface area contributed by atoms with Crippen molar-refractivity contribution in [2.75, 3.05) is 5.32 Å². The van der Waals surface area contributed by atoms with Crippen LogP contribution in [0.4, 0.5) is 14.5 Å². The van der Waals surface area contributed by atoms with Gasteiger partial charge in [0, 0.05) is 24.0 Å². The molecule has 0 unspecified atom stereocenters. The Labute approximate surface area is 78.7 Å². The van der Waals surface area contributed by atoms with E-state index in [1.54, 1.807) is 0 Å². The van der Waals surface area contributed by atoms with Gasteiger partial charge in [-0.1, -0.05) is 0 Å². The lowest BCUT2D eigenvalue weighted by Crippen LogP contribution is -1.93. The van der Waals surface area contributed by atoms with E-state index < -0.39 is 17.6 Å². The normalized spacial score (nSPS) is 10.4. The predicted molar refractivity (Wildman–Crippen MR) is 46.8 cm³/mol. The monoisotopic (exact) mass is 199 g/mol. The van der Waals surface area contributed by atoms with Crippen LogP contribution in [-0.4, -0.2) is 11.1 Å². The summed E-state index contributed by atoms with van der Waals surface area (Å²) in [5.41, 5.74) is 0.279. The summed E-state index contributed by atoms with van der Waals surface area (Å²) in [5.74, 6) is -3.06. The first kappa shape index (κ1) is 10.2. The Balaban J connectivity index is 2.69. The highest BCUT2D eigenvalue weighted by Gasteiger charge is 2.00. The summed E-state index contributed by atoms with van der Waals surface area (Å²) in [6.07, 6.45) is 1.97. The van der Waals surface area contributed by atoms with Crippen LogP contribution in [0.3, 0.4) is 0 Å². The molecule has 0 atom stereocenters. The highest BCUT2D eigenvalue weighted by Crippen LogP contribution is 2.12. The zero-order chi connectivity index (χ0) is 10.6. The van der Waals surface area contributed by atoms with Crippen molar-refractivity contribution in [3.05, 3.63) is 42.1 Å². The molecule has 3 nitrogen and oxygen atoms in total. The number of hydrogen-bond donors (Lipinski definition) is 2. The molecule has 1 aromatic carbocycles. The van der Waals surface area contributed by atoms with Gasteiger partial charge in [0.25, 0.3) is 0 Å². The molecule has 0 fully saturated rings. The fourth-order valence-corrected chi connectivity index (χ4v) is 0.795. The van der Waals surface area contributed by atoms with Gasteiger partial charge in [0.15, 0.2) is 11.6 Å². The van der Waals surface area contributed by atoms with Crippen molar-refractivity contribution >= 4 is 11.7 Å². The maximum atomic E-state index is 12.6. The van der Waals surface area contributed by atoms with Crippen LogP contribution < -0.4 is 5.32 Å². The number of carbonyl (C=O) groups is 1. The molecule has 0 amide bonds. The summed E-state index contributed by atoms with van der Waals surface area (Å²) in [4.78, 5) is 10.0. The molecule has 0 spiro atoms. The molecule has 0 bridgehead atoms. The summed E-state index contributed by atoms with van der Waals surface area (Å²) < 4.78 is 25.0. The molecule has 0 radical (unpaired) electrons. The first-order valence-corrected chi connectivity index (χ1v) is 3.70. The Kier molecular flexibility index (Phi) is 3.17. The zero-order valence-electron chi connectivity index (χ0n) is 7.00. The van der Waals surface area contributed by atoms with E-state index in [1.165, 1.54) is 6.07 Å². The predicted octanol–water partition coefficient (Wildman–Crippen LogP) is 1.98. The number of benzene rings is 1. The minimum absolute atomic E-state index is 0.279. The summed E-state index contributed by atoms with van der Waals surface area (Å²) in [7, 11) is 0. The molecule has 0 heterocycles. The molecule has 0 saturated carbocycles. The van der Waals surface area contributed by atoms with Gasteiger partial charge in [-0.25, -0.2) is 13.6 Å². The molecule has 0 saturated heterocycles. The molecule has 14 heavy (non-hydrogen) atoms. The second kappa shape index (κ2) is 4.36. The third-order valence-electron chi connectivity index (χ3n) is 1.40. The summed E-state index contributed by atoms with van der Waals surface area (Å²) in [6, 6.07) is 3.18.